The van der Waals surface area contributed by atoms with E-state index in [0.29, 0.717) is 22.3 Å². The highest BCUT2D eigenvalue weighted by Crippen LogP contribution is 2.27. The number of esters is 1. The van der Waals surface area contributed by atoms with Gasteiger partial charge in [0.05, 0.1) is 24.3 Å². The molecule has 0 N–H and O–H groups in total. The molecule has 28 heavy (non-hydrogen) atoms. The normalized spacial score (nSPS) is 13.2. The SMILES string of the molecule is COCc1c(C(=O)OCCN2C(=O)c3ccccc3C2=O)oc2ccccc12. The van der Waals surface area contributed by atoms with Gasteiger partial charge in [0, 0.05) is 18.1 Å². The highest BCUT2D eigenvalue weighted by atomic mass is 16.5. The Kier molecular flexibility index (Phi) is 4.67. The number of imide groups is 1. The predicted molar refractivity (Wildman–Crippen MR) is 99.0 cm³/mol. The maximum absolute atomic E-state index is 12.5. The Balaban J connectivity index is 1.46. The molecule has 0 saturated heterocycles. The van der Waals surface area contributed by atoms with Gasteiger partial charge in [0.2, 0.25) is 5.76 Å². The zero-order valence-electron chi connectivity index (χ0n) is 15.1. The number of amides is 2. The largest absolute Gasteiger partial charge is 0.458 e. The van der Waals surface area contributed by atoms with Crippen molar-refractivity contribution < 1.29 is 28.3 Å². The Morgan fingerprint density at radius 2 is 1.64 bits per heavy atom. The van der Waals surface area contributed by atoms with Crippen molar-refractivity contribution in [3.63, 3.8) is 0 Å². The van der Waals surface area contributed by atoms with E-state index in [-0.39, 0.29) is 37.3 Å². The molecule has 0 bridgehead atoms. The summed E-state index contributed by atoms with van der Waals surface area (Å²) in [6.07, 6.45) is 0. The molecule has 0 spiro atoms. The monoisotopic (exact) mass is 379 g/mol. The average Bonchev–Trinajstić information content (AvgIpc) is 3.20. The van der Waals surface area contributed by atoms with Crippen molar-refractivity contribution in [1.82, 2.24) is 4.90 Å². The number of fused-ring (bicyclic) bond motifs is 2. The third kappa shape index (κ3) is 2.95. The molecule has 0 aliphatic carbocycles. The van der Waals surface area contributed by atoms with Gasteiger partial charge >= 0.3 is 5.97 Å². The summed E-state index contributed by atoms with van der Waals surface area (Å²) >= 11 is 0. The van der Waals surface area contributed by atoms with Crippen molar-refractivity contribution in [2.75, 3.05) is 20.3 Å². The second-order valence-electron chi connectivity index (χ2n) is 6.28. The molecule has 0 saturated carbocycles. The molecule has 1 aliphatic rings. The fourth-order valence-corrected chi connectivity index (χ4v) is 3.29. The van der Waals surface area contributed by atoms with E-state index in [9.17, 15) is 14.4 Å². The van der Waals surface area contributed by atoms with E-state index in [2.05, 4.69) is 0 Å². The van der Waals surface area contributed by atoms with Gasteiger partial charge in [-0.1, -0.05) is 30.3 Å². The van der Waals surface area contributed by atoms with Crippen molar-refractivity contribution in [3.8, 4) is 0 Å². The third-order valence-corrected chi connectivity index (χ3v) is 4.60. The second-order valence-corrected chi connectivity index (χ2v) is 6.28. The van der Waals surface area contributed by atoms with E-state index >= 15 is 0 Å². The number of carbonyl (C=O) groups excluding carboxylic acids is 3. The van der Waals surface area contributed by atoms with Gasteiger partial charge in [0.25, 0.3) is 11.8 Å². The Morgan fingerprint density at radius 1 is 1.00 bits per heavy atom. The van der Waals surface area contributed by atoms with Crippen LogP contribution in [-0.4, -0.2) is 42.9 Å². The minimum atomic E-state index is -0.667. The number of nitrogens with zero attached hydrogens (tertiary/aromatic N) is 1. The number of carbonyl (C=O) groups is 3. The molecule has 2 amide bonds. The molecule has 2 heterocycles. The fraction of sp³-hybridized carbons (Fsp3) is 0.190. The van der Waals surface area contributed by atoms with Gasteiger partial charge in [-0.15, -0.1) is 0 Å². The van der Waals surface area contributed by atoms with Crippen molar-refractivity contribution in [2.45, 2.75) is 6.61 Å². The van der Waals surface area contributed by atoms with Gasteiger partial charge in [0.1, 0.15) is 12.2 Å². The Hall–Kier alpha value is -3.45. The van der Waals surface area contributed by atoms with E-state index in [1.165, 1.54) is 7.11 Å². The van der Waals surface area contributed by atoms with E-state index in [0.717, 1.165) is 10.3 Å². The number of benzene rings is 2. The summed E-state index contributed by atoms with van der Waals surface area (Å²) in [6.45, 7) is 0.0333. The van der Waals surface area contributed by atoms with Gasteiger partial charge in [-0.3, -0.25) is 14.5 Å². The van der Waals surface area contributed by atoms with Crippen LogP contribution in [0.15, 0.2) is 52.9 Å². The number of para-hydroxylation sites is 1. The van der Waals surface area contributed by atoms with Crippen LogP contribution in [0.5, 0.6) is 0 Å². The van der Waals surface area contributed by atoms with Crippen molar-refractivity contribution >= 4 is 28.8 Å². The summed E-state index contributed by atoms with van der Waals surface area (Å²) < 4.78 is 16.1. The zero-order valence-corrected chi connectivity index (χ0v) is 15.1. The van der Waals surface area contributed by atoms with E-state index in [1.807, 2.05) is 12.1 Å². The lowest BCUT2D eigenvalue weighted by molar-refractivity contribution is 0.0391. The van der Waals surface area contributed by atoms with Crippen LogP contribution in [0, 0.1) is 0 Å². The quantitative estimate of drug-likeness (QED) is 0.483. The number of hydrogen-bond donors (Lipinski definition) is 0. The van der Waals surface area contributed by atoms with Crippen molar-refractivity contribution in [3.05, 3.63) is 71.0 Å². The van der Waals surface area contributed by atoms with Gasteiger partial charge in [-0.2, -0.15) is 0 Å². The Bertz CT molecular complexity index is 1050. The number of hydrogen-bond acceptors (Lipinski definition) is 6. The van der Waals surface area contributed by atoms with Gasteiger partial charge < -0.3 is 13.9 Å². The van der Waals surface area contributed by atoms with Crippen LogP contribution < -0.4 is 0 Å². The summed E-state index contributed by atoms with van der Waals surface area (Å²) in [4.78, 5) is 38.3. The highest BCUT2D eigenvalue weighted by molar-refractivity contribution is 6.21. The molecular formula is C21H17NO6. The number of rotatable bonds is 6. The lowest BCUT2D eigenvalue weighted by atomic mass is 10.1. The third-order valence-electron chi connectivity index (χ3n) is 4.60. The first kappa shape index (κ1) is 17.9. The molecular weight excluding hydrogens is 362 g/mol. The molecule has 0 radical (unpaired) electrons. The average molecular weight is 379 g/mol. The molecule has 1 aliphatic heterocycles. The van der Waals surface area contributed by atoms with Crippen LogP contribution in [0.1, 0.15) is 36.8 Å². The Morgan fingerprint density at radius 3 is 2.32 bits per heavy atom. The summed E-state index contributed by atoms with van der Waals surface area (Å²) in [5, 5.41) is 0.775. The molecule has 0 unspecified atom stereocenters. The fourth-order valence-electron chi connectivity index (χ4n) is 3.29. The lowest BCUT2D eigenvalue weighted by Crippen LogP contribution is -2.33. The summed E-state index contributed by atoms with van der Waals surface area (Å²) in [6, 6.07) is 13.8. The first-order valence-corrected chi connectivity index (χ1v) is 8.73. The minimum absolute atomic E-state index is 0.0298. The van der Waals surface area contributed by atoms with E-state index < -0.39 is 5.97 Å². The van der Waals surface area contributed by atoms with Gasteiger partial charge in [-0.05, 0) is 18.2 Å². The van der Waals surface area contributed by atoms with Crippen LogP contribution in [-0.2, 0) is 16.1 Å². The Labute approximate surface area is 160 Å². The van der Waals surface area contributed by atoms with Crippen LogP contribution in [0.2, 0.25) is 0 Å². The number of furan rings is 1. The van der Waals surface area contributed by atoms with Crippen LogP contribution in [0.25, 0.3) is 11.0 Å². The predicted octanol–water partition coefficient (Wildman–Crippen LogP) is 3.03. The zero-order chi connectivity index (χ0) is 19.7. The molecule has 7 heteroatoms. The lowest BCUT2D eigenvalue weighted by Gasteiger charge is -2.13. The van der Waals surface area contributed by atoms with Crippen molar-refractivity contribution in [2.24, 2.45) is 0 Å². The van der Waals surface area contributed by atoms with Crippen LogP contribution in [0.4, 0.5) is 0 Å². The molecule has 7 nitrogen and oxygen atoms in total. The van der Waals surface area contributed by atoms with Crippen LogP contribution >= 0.6 is 0 Å². The smallest absolute Gasteiger partial charge is 0.374 e. The van der Waals surface area contributed by atoms with E-state index in [1.54, 1.807) is 36.4 Å². The topological polar surface area (TPSA) is 86.0 Å². The number of methoxy groups -OCH3 is 1. The standard InChI is InChI=1S/C21H17NO6/c1-26-12-16-13-6-4-5-9-17(13)28-18(16)21(25)27-11-10-22-19(23)14-7-2-3-8-15(14)20(22)24/h2-9H,10-12H2,1H3. The molecule has 1 aromatic heterocycles. The van der Waals surface area contributed by atoms with Gasteiger partial charge in [-0.25, -0.2) is 4.79 Å². The molecule has 4 rings (SSSR count). The molecule has 142 valence electrons. The highest BCUT2D eigenvalue weighted by Gasteiger charge is 2.35. The molecule has 0 atom stereocenters. The first-order chi connectivity index (χ1) is 13.6. The summed E-state index contributed by atoms with van der Waals surface area (Å²) in [5.74, 6) is -1.38. The van der Waals surface area contributed by atoms with Gasteiger partial charge in [0.15, 0.2) is 0 Å². The second kappa shape index (κ2) is 7.28. The minimum Gasteiger partial charge on any atom is -0.458 e. The molecule has 0 fully saturated rings. The van der Waals surface area contributed by atoms with Crippen LogP contribution in [0.3, 0.4) is 0 Å². The molecule has 3 aromatic rings. The summed E-state index contributed by atoms with van der Waals surface area (Å²) in [7, 11) is 1.53. The number of ether oxygens (including phenoxy) is 2. The van der Waals surface area contributed by atoms with Crippen molar-refractivity contribution in [1.29, 1.82) is 0 Å². The first-order valence-electron chi connectivity index (χ1n) is 8.73. The summed E-state index contributed by atoms with van der Waals surface area (Å²) in [5.41, 5.74) is 1.88. The maximum Gasteiger partial charge on any atom is 0.374 e. The van der Waals surface area contributed by atoms with E-state index in [4.69, 9.17) is 13.9 Å². The maximum atomic E-state index is 12.5. The molecule has 2 aromatic carbocycles.